The highest BCUT2D eigenvalue weighted by Gasteiger charge is 2.32. The van der Waals surface area contributed by atoms with E-state index in [-0.39, 0.29) is 11.8 Å². The normalized spacial score (nSPS) is 12.5. The molecule has 0 fully saturated rings. The predicted molar refractivity (Wildman–Crippen MR) is 116 cm³/mol. The summed E-state index contributed by atoms with van der Waals surface area (Å²) in [6.45, 7) is 2.91. The number of nitrogens with zero attached hydrogens (tertiary/aromatic N) is 1. The van der Waals surface area contributed by atoms with E-state index in [4.69, 9.17) is 9.47 Å². The molecule has 0 radical (unpaired) electrons. The van der Waals surface area contributed by atoms with Gasteiger partial charge in [0.25, 0.3) is 11.8 Å². The van der Waals surface area contributed by atoms with Crippen molar-refractivity contribution in [2.45, 2.75) is 13.5 Å². The summed E-state index contributed by atoms with van der Waals surface area (Å²) in [6.07, 6.45) is 0. The molecule has 6 heteroatoms. The molecule has 0 saturated heterocycles. The molecule has 4 rings (SSSR count). The third-order valence-electron chi connectivity index (χ3n) is 4.99. The first-order valence-electron chi connectivity index (χ1n) is 9.72. The minimum absolute atomic E-state index is 0.187. The van der Waals surface area contributed by atoms with E-state index in [0.29, 0.717) is 30.0 Å². The van der Waals surface area contributed by atoms with Crippen molar-refractivity contribution in [3.05, 3.63) is 83.4 Å². The monoisotopic (exact) mass is 402 g/mol. The number of rotatable bonds is 6. The summed E-state index contributed by atoms with van der Waals surface area (Å²) in [5.74, 6) is 0.952. The van der Waals surface area contributed by atoms with Gasteiger partial charge in [-0.2, -0.15) is 0 Å². The predicted octanol–water partition coefficient (Wildman–Crippen LogP) is 4.51. The van der Waals surface area contributed by atoms with Gasteiger partial charge in [-0.25, -0.2) is 0 Å². The lowest BCUT2D eigenvalue weighted by molar-refractivity contribution is 0.0976. The number of carbonyl (C=O) groups excluding carboxylic acids is 2. The van der Waals surface area contributed by atoms with Crippen molar-refractivity contribution in [2.24, 2.45) is 0 Å². The summed E-state index contributed by atoms with van der Waals surface area (Å²) in [7, 11) is 1.60. The van der Waals surface area contributed by atoms with E-state index in [0.717, 1.165) is 22.7 Å². The number of nitrogens with one attached hydrogen (secondary N) is 1. The number of hydrogen-bond acceptors (Lipinski definition) is 4. The minimum atomic E-state index is -0.319. The standard InChI is InChI=1S/C24H22N2O4/c1-3-30-20-11-7-17(8-12-20)25-23(27)21-6-4-5-16-15-26(24(28)22(16)21)18-9-13-19(29-2)14-10-18/h4-14H,3,15H2,1-2H3,(H,25,27). The average molecular weight is 402 g/mol. The van der Waals surface area contributed by atoms with Crippen LogP contribution in [-0.2, 0) is 6.54 Å². The molecule has 152 valence electrons. The van der Waals surface area contributed by atoms with Crippen LogP contribution in [0.4, 0.5) is 11.4 Å². The third-order valence-corrected chi connectivity index (χ3v) is 4.99. The van der Waals surface area contributed by atoms with E-state index >= 15 is 0 Å². The molecule has 2 amide bonds. The van der Waals surface area contributed by atoms with Gasteiger partial charge in [0.1, 0.15) is 11.5 Å². The van der Waals surface area contributed by atoms with Crippen molar-refractivity contribution in [1.82, 2.24) is 0 Å². The van der Waals surface area contributed by atoms with Crippen LogP contribution in [0, 0.1) is 0 Å². The number of amides is 2. The zero-order chi connectivity index (χ0) is 21.1. The van der Waals surface area contributed by atoms with Crippen molar-refractivity contribution < 1.29 is 19.1 Å². The van der Waals surface area contributed by atoms with E-state index in [1.54, 1.807) is 48.4 Å². The maximum Gasteiger partial charge on any atom is 0.259 e. The van der Waals surface area contributed by atoms with Crippen LogP contribution in [0.1, 0.15) is 33.2 Å². The quantitative estimate of drug-likeness (QED) is 0.659. The molecule has 3 aromatic carbocycles. The van der Waals surface area contributed by atoms with Crippen LogP contribution in [-0.4, -0.2) is 25.5 Å². The first-order chi connectivity index (χ1) is 14.6. The number of ether oxygens (including phenoxy) is 2. The number of methoxy groups -OCH3 is 1. The molecule has 1 aliphatic rings. The number of hydrogen-bond donors (Lipinski definition) is 1. The lowest BCUT2D eigenvalue weighted by atomic mass is 10.0. The molecule has 1 heterocycles. The maximum atomic E-state index is 13.1. The number of carbonyl (C=O) groups is 2. The Balaban J connectivity index is 1.57. The van der Waals surface area contributed by atoms with Gasteiger partial charge in [-0.1, -0.05) is 12.1 Å². The first kappa shape index (κ1) is 19.5. The van der Waals surface area contributed by atoms with Crippen molar-refractivity contribution in [2.75, 3.05) is 23.9 Å². The number of fused-ring (bicyclic) bond motifs is 1. The molecule has 0 bridgehead atoms. The Morgan fingerprint density at radius 3 is 2.37 bits per heavy atom. The molecule has 1 aliphatic heterocycles. The van der Waals surface area contributed by atoms with E-state index in [2.05, 4.69) is 5.32 Å². The van der Waals surface area contributed by atoms with E-state index in [9.17, 15) is 9.59 Å². The smallest absolute Gasteiger partial charge is 0.259 e. The molecule has 0 spiro atoms. The molecule has 3 aromatic rings. The van der Waals surface area contributed by atoms with Gasteiger partial charge in [0.05, 0.1) is 31.4 Å². The summed E-state index contributed by atoms with van der Waals surface area (Å²) in [5.41, 5.74) is 3.03. The molecular formula is C24H22N2O4. The fraction of sp³-hybridized carbons (Fsp3) is 0.167. The first-order valence-corrected chi connectivity index (χ1v) is 9.72. The van der Waals surface area contributed by atoms with Gasteiger partial charge < -0.3 is 19.7 Å². The highest BCUT2D eigenvalue weighted by Crippen LogP contribution is 2.31. The Hall–Kier alpha value is -3.80. The van der Waals surface area contributed by atoms with Crippen molar-refractivity contribution >= 4 is 23.2 Å². The molecule has 30 heavy (non-hydrogen) atoms. The zero-order valence-electron chi connectivity index (χ0n) is 16.8. The van der Waals surface area contributed by atoms with Gasteiger partial charge in [0.2, 0.25) is 0 Å². The van der Waals surface area contributed by atoms with Crippen molar-refractivity contribution in [3.8, 4) is 11.5 Å². The van der Waals surface area contributed by atoms with E-state index in [1.165, 1.54) is 0 Å². The van der Waals surface area contributed by atoms with Gasteiger partial charge in [0, 0.05) is 11.4 Å². The molecular weight excluding hydrogens is 380 g/mol. The molecule has 6 nitrogen and oxygen atoms in total. The largest absolute Gasteiger partial charge is 0.497 e. The van der Waals surface area contributed by atoms with Crippen LogP contribution < -0.4 is 19.7 Å². The molecule has 0 unspecified atom stereocenters. The lowest BCUT2D eigenvalue weighted by Crippen LogP contribution is -2.24. The average Bonchev–Trinajstić information content (AvgIpc) is 3.12. The van der Waals surface area contributed by atoms with Crippen LogP contribution in [0.5, 0.6) is 11.5 Å². The fourth-order valence-corrected chi connectivity index (χ4v) is 3.52. The zero-order valence-corrected chi connectivity index (χ0v) is 16.8. The van der Waals surface area contributed by atoms with Crippen LogP contribution in [0.15, 0.2) is 66.7 Å². The van der Waals surface area contributed by atoms with E-state index in [1.807, 2.05) is 37.3 Å². The van der Waals surface area contributed by atoms with Crippen molar-refractivity contribution in [1.29, 1.82) is 0 Å². The van der Waals surface area contributed by atoms with Gasteiger partial charge in [-0.15, -0.1) is 0 Å². The SMILES string of the molecule is CCOc1ccc(NC(=O)c2cccc3c2C(=O)N(c2ccc(OC)cc2)C3)cc1. The minimum Gasteiger partial charge on any atom is -0.497 e. The summed E-state index contributed by atoms with van der Waals surface area (Å²) in [4.78, 5) is 27.7. The lowest BCUT2D eigenvalue weighted by Gasteiger charge is -2.16. The Morgan fingerprint density at radius 2 is 1.70 bits per heavy atom. The summed E-state index contributed by atoms with van der Waals surface area (Å²) < 4.78 is 10.6. The Bertz CT molecular complexity index is 1080. The molecule has 1 N–H and O–H groups in total. The molecule has 0 aliphatic carbocycles. The summed E-state index contributed by atoms with van der Waals surface area (Å²) >= 11 is 0. The topological polar surface area (TPSA) is 67.9 Å². The Kier molecular flexibility index (Phi) is 5.39. The number of anilines is 2. The van der Waals surface area contributed by atoms with E-state index < -0.39 is 0 Å². The molecule has 0 saturated carbocycles. The summed E-state index contributed by atoms with van der Waals surface area (Å²) in [6, 6.07) is 19.8. The van der Waals surface area contributed by atoms with Gasteiger partial charge in [0.15, 0.2) is 0 Å². The van der Waals surface area contributed by atoms with Crippen LogP contribution in [0.3, 0.4) is 0 Å². The van der Waals surface area contributed by atoms with Crippen molar-refractivity contribution in [3.63, 3.8) is 0 Å². The third kappa shape index (κ3) is 3.72. The highest BCUT2D eigenvalue weighted by molar-refractivity contribution is 6.18. The molecule has 0 atom stereocenters. The second-order valence-electron chi connectivity index (χ2n) is 6.84. The van der Waals surface area contributed by atoms with Crippen LogP contribution in [0.25, 0.3) is 0 Å². The van der Waals surface area contributed by atoms with Crippen LogP contribution in [0.2, 0.25) is 0 Å². The molecule has 0 aromatic heterocycles. The second kappa shape index (κ2) is 8.29. The van der Waals surface area contributed by atoms with Gasteiger partial charge in [-0.3, -0.25) is 9.59 Å². The van der Waals surface area contributed by atoms with Crippen LogP contribution >= 0.6 is 0 Å². The van der Waals surface area contributed by atoms with Gasteiger partial charge >= 0.3 is 0 Å². The Labute approximate surface area is 175 Å². The summed E-state index contributed by atoms with van der Waals surface area (Å²) in [5, 5.41) is 2.87. The maximum absolute atomic E-state index is 13.1. The second-order valence-corrected chi connectivity index (χ2v) is 6.84. The number of benzene rings is 3. The Morgan fingerprint density at radius 1 is 1.00 bits per heavy atom. The van der Waals surface area contributed by atoms with Gasteiger partial charge in [-0.05, 0) is 67.1 Å². The fourth-order valence-electron chi connectivity index (χ4n) is 3.52. The highest BCUT2D eigenvalue weighted by atomic mass is 16.5.